The van der Waals surface area contributed by atoms with Crippen molar-refractivity contribution in [2.45, 2.75) is 23.3 Å². The summed E-state index contributed by atoms with van der Waals surface area (Å²) in [6, 6.07) is 10.00. The molecule has 6 heteroatoms. The van der Waals surface area contributed by atoms with E-state index in [2.05, 4.69) is 28.3 Å². The van der Waals surface area contributed by atoms with Crippen LogP contribution in [0.2, 0.25) is 5.02 Å². The average Bonchev–Trinajstić information content (AvgIpc) is 2.92. The van der Waals surface area contributed by atoms with E-state index < -0.39 is 0 Å². The van der Waals surface area contributed by atoms with Gasteiger partial charge in [-0.15, -0.1) is 11.3 Å². The number of thiophene rings is 1. The zero-order valence-electron chi connectivity index (χ0n) is 11.7. The molecule has 2 heterocycles. The number of aryl methyl sites for hydroxylation is 1. The first kappa shape index (κ1) is 14.6. The molecule has 0 saturated carbocycles. The van der Waals surface area contributed by atoms with Gasteiger partial charge in [-0.1, -0.05) is 42.4 Å². The molecule has 3 aromatic rings. The Morgan fingerprint density at radius 2 is 2.10 bits per heavy atom. The molecular formula is C15H14ClN3S2. The highest BCUT2D eigenvalue weighted by Gasteiger charge is 2.13. The van der Waals surface area contributed by atoms with Gasteiger partial charge < -0.3 is 5.32 Å². The molecule has 0 aliphatic carbocycles. The van der Waals surface area contributed by atoms with Gasteiger partial charge in [0, 0.05) is 22.2 Å². The fourth-order valence-electron chi connectivity index (χ4n) is 1.94. The van der Waals surface area contributed by atoms with Crippen LogP contribution in [0.5, 0.6) is 0 Å². The second kappa shape index (κ2) is 6.22. The van der Waals surface area contributed by atoms with Gasteiger partial charge in [0.2, 0.25) is 5.95 Å². The number of benzene rings is 1. The first-order chi connectivity index (χ1) is 10.2. The van der Waals surface area contributed by atoms with Crippen LogP contribution < -0.4 is 5.32 Å². The monoisotopic (exact) mass is 335 g/mol. The second-order valence-corrected chi connectivity index (χ2v) is 6.97. The standard InChI is InChI=1S/C15H14ClN3S2/c1-3-9-8-10-13(20-9)18-15(17-2)19-14(10)21-12-7-5-4-6-11(12)16/h4-8H,3H2,1-2H3,(H,17,18,19). The van der Waals surface area contributed by atoms with Gasteiger partial charge in [-0.3, -0.25) is 0 Å². The van der Waals surface area contributed by atoms with Crippen LogP contribution in [0.1, 0.15) is 11.8 Å². The third-order valence-corrected chi connectivity index (χ3v) is 5.72. The molecule has 0 unspecified atom stereocenters. The molecule has 0 amide bonds. The van der Waals surface area contributed by atoms with E-state index in [1.165, 1.54) is 4.88 Å². The Morgan fingerprint density at radius 1 is 1.29 bits per heavy atom. The Morgan fingerprint density at radius 3 is 2.81 bits per heavy atom. The summed E-state index contributed by atoms with van der Waals surface area (Å²) in [4.78, 5) is 12.5. The van der Waals surface area contributed by atoms with Crippen molar-refractivity contribution in [3.8, 4) is 0 Å². The van der Waals surface area contributed by atoms with Crippen molar-refractivity contribution >= 4 is 50.9 Å². The minimum absolute atomic E-state index is 0.640. The minimum atomic E-state index is 0.640. The molecule has 1 N–H and O–H groups in total. The number of hydrogen-bond donors (Lipinski definition) is 1. The highest BCUT2D eigenvalue weighted by molar-refractivity contribution is 7.99. The summed E-state index contributed by atoms with van der Waals surface area (Å²) in [5, 5.41) is 5.80. The van der Waals surface area contributed by atoms with Gasteiger partial charge in [-0.05, 0) is 24.6 Å². The first-order valence-corrected chi connectivity index (χ1v) is 8.63. The lowest BCUT2D eigenvalue weighted by molar-refractivity contribution is 1.10. The molecule has 3 rings (SSSR count). The molecule has 1 aromatic carbocycles. The molecule has 21 heavy (non-hydrogen) atoms. The third kappa shape index (κ3) is 3.00. The van der Waals surface area contributed by atoms with Gasteiger partial charge in [0.15, 0.2) is 0 Å². The van der Waals surface area contributed by atoms with E-state index in [4.69, 9.17) is 11.6 Å². The van der Waals surface area contributed by atoms with Crippen LogP contribution in [0.25, 0.3) is 10.2 Å². The number of anilines is 1. The summed E-state index contributed by atoms with van der Waals surface area (Å²) in [6.45, 7) is 2.15. The molecule has 3 nitrogen and oxygen atoms in total. The quantitative estimate of drug-likeness (QED) is 0.673. The van der Waals surface area contributed by atoms with E-state index in [0.717, 1.165) is 31.6 Å². The van der Waals surface area contributed by atoms with E-state index in [0.29, 0.717) is 5.95 Å². The van der Waals surface area contributed by atoms with Gasteiger partial charge in [-0.25, -0.2) is 9.97 Å². The minimum Gasteiger partial charge on any atom is -0.357 e. The lowest BCUT2D eigenvalue weighted by Crippen LogP contribution is -1.96. The SMILES string of the molecule is CCc1cc2c(Sc3ccccc3Cl)nc(NC)nc2s1. The molecule has 2 aromatic heterocycles. The second-order valence-electron chi connectivity index (χ2n) is 4.42. The van der Waals surface area contributed by atoms with Gasteiger partial charge in [0.1, 0.15) is 9.86 Å². The van der Waals surface area contributed by atoms with Crippen molar-refractivity contribution in [3.05, 3.63) is 40.2 Å². The molecule has 0 radical (unpaired) electrons. The number of halogens is 1. The van der Waals surface area contributed by atoms with Gasteiger partial charge >= 0.3 is 0 Å². The van der Waals surface area contributed by atoms with Crippen LogP contribution in [0, 0.1) is 0 Å². The van der Waals surface area contributed by atoms with E-state index in [1.54, 1.807) is 23.1 Å². The van der Waals surface area contributed by atoms with Crippen molar-refractivity contribution in [2.75, 3.05) is 12.4 Å². The van der Waals surface area contributed by atoms with Crippen molar-refractivity contribution in [1.82, 2.24) is 9.97 Å². The summed E-state index contributed by atoms with van der Waals surface area (Å²) in [5.74, 6) is 0.640. The molecule has 0 saturated heterocycles. The normalized spacial score (nSPS) is 11.0. The van der Waals surface area contributed by atoms with Crippen LogP contribution in [-0.4, -0.2) is 17.0 Å². The molecule has 0 atom stereocenters. The van der Waals surface area contributed by atoms with E-state index >= 15 is 0 Å². The first-order valence-electron chi connectivity index (χ1n) is 6.62. The fraction of sp³-hybridized carbons (Fsp3) is 0.200. The number of rotatable bonds is 4. The number of hydrogen-bond acceptors (Lipinski definition) is 5. The Kier molecular flexibility index (Phi) is 4.33. The maximum absolute atomic E-state index is 6.25. The molecule has 0 aliphatic rings. The highest BCUT2D eigenvalue weighted by Crippen LogP contribution is 2.38. The topological polar surface area (TPSA) is 37.8 Å². The maximum Gasteiger partial charge on any atom is 0.224 e. The lowest BCUT2D eigenvalue weighted by atomic mass is 10.3. The Hall–Kier alpha value is -1.30. The molecule has 0 aliphatic heterocycles. The average molecular weight is 336 g/mol. The van der Waals surface area contributed by atoms with Crippen LogP contribution in [0.3, 0.4) is 0 Å². The van der Waals surface area contributed by atoms with Crippen LogP contribution in [0.4, 0.5) is 5.95 Å². The largest absolute Gasteiger partial charge is 0.357 e. The zero-order valence-corrected chi connectivity index (χ0v) is 14.1. The Balaban J connectivity index is 2.11. The van der Waals surface area contributed by atoms with E-state index in [1.807, 2.05) is 31.3 Å². The molecule has 0 fully saturated rings. The molecule has 0 spiro atoms. The van der Waals surface area contributed by atoms with Crippen molar-refractivity contribution in [1.29, 1.82) is 0 Å². The predicted octanol–water partition coefficient (Wildman–Crippen LogP) is 5.10. The van der Waals surface area contributed by atoms with Gasteiger partial charge in [0.05, 0.1) is 5.02 Å². The van der Waals surface area contributed by atoms with Gasteiger partial charge in [-0.2, -0.15) is 0 Å². The Bertz CT molecular complexity index is 786. The molecule has 0 bridgehead atoms. The zero-order chi connectivity index (χ0) is 14.8. The van der Waals surface area contributed by atoms with E-state index in [9.17, 15) is 0 Å². The van der Waals surface area contributed by atoms with Crippen molar-refractivity contribution in [3.63, 3.8) is 0 Å². The van der Waals surface area contributed by atoms with Crippen molar-refractivity contribution < 1.29 is 0 Å². The lowest BCUT2D eigenvalue weighted by Gasteiger charge is -2.06. The Labute approximate surface area is 136 Å². The van der Waals surface area contributed by atoms with E-state index in [-0.39, 0.29) is 0 Å². The summed E-state index contributed by atoms with van der Waals surface area (Å²) < 4.78 is 0. The highest BCUT2D eigenvalue weighted by atomic mass is 35.5. The predicted molar refractivity (Wildman–Crippen MR) is 91.9 cm³/mol. The summed E-state index contributed by atoms with van der Waals surface area (Å²) in [5.41, 5.74) is 0. The summed E-state index contributed by atoms with van der Waals surface area (Å²) >= 11 is 9.55. The molecule has 108 valence electrons. The number of aromatic nitrogens is 2. The number of fused-ring (bicyclic) bond motifs is 1. The van der Waals surface area contributed by atoms with Crippen LogP contribution in [-0.2, 0) is 6.42 Å². The summed E-state index contributed by atoms with van der Waals surface area (Å²) in [6.07, 6.45) is 1.01. The number of nitrogens with one attached hydrogen (secondary N) is 1. The van der Waals surface area contributed by atoms with Crippen LogP contribution >= 0.6 is 34.7 Å². The smallest absolute Gasteiger partial charge is 0.224 e. The molecular weight excluding hydrogens is 322 g/mol. The summed E-state index contributed by atoms with van der Waals surface area (Å²) in [7, 11) is 1.83. The van der Waals surface area contributed by atoms with Crippen LogP contribution in [0.15, 0.2) is 40.3 Å². The third-order valence-electron chi connectivity index (χ3n) is 3.02. The van der Waals surface area contributed by atoms with Crippen molar-refractivity contribution in [2.24, 2.45) is 0 Å². The van der Waals surface area contributed by atoms with Gasteiger partial charge in [0.25, 0.3) is 0 Å². The number of nitrogens with zero attached hydrogens (tertiary/aromatic N) is 2. The fourth-order valence-corrected chi connectivity index (χ4v) is 4.14. The maximum atomic E-state index is 6.25.